The third-order valence-electron chi connectivity index (χ3n) is 2.79. The summed E-state index contributed by atoms with van der Waals surface area (Å²) in [6, 6.07) is -0.235. The zero-order chi connectivity index (χ0) is 12.9. The molecule has 98 valence electrons. The normalized spacial score (nSPS) is 15.4. The Labute approximate surface area is 101 Å². The summed E-state index contributed by atoms with van der Waals surface area (Å²) in [5.74, 6) is -0.444. The smallest absolute Gasteiger partial charge is 0.329 e. The van der Waals surface area contributed by atoms with Gasteiger partial charge in [0, 0.05) is 12.1 Å². The fourth-order valence-electron chi connectivity index (χ4n) is 1.64. The fraction of sp³-hybridized carbons (Fsp3) is 0.818. The first-order chi connectivity index (χ1) is 7.92. The van der Waals surface area contributed by atoms with Gasteiger partial charge in [0.2, 0.25) is 0 Å². The second-order valence-electron chi connectivity index (χ2n) is 4.82. The van der Waals surface area contributed by atoms with Crippen LogP contribution in [0.15, 0.2) is 0 Å². The minimum atomic E-state index is -1.01. The van der Waals surface area contributed by atoms with Crippen LogP contribution >= 0.6 is 0 Å². The van der Waals surface area contributed by atoms with Gasteiger partial charge in [-0.1, -0.05) is 0 Å². The van der Waals surface area contributed by atoms with Crippen molar-refractivity contribution in [3.63, 3.8) is 0 Å². The van der Waals surface area contributed by atoms with E-state index in [0.29, 0.717) is 12.5 Å². The molecule has 6 heteroatoms. The van der Waals surface area contributed by atoms with Crippen LogP contribution in [0.2, 0.25) is 0 Å². The second-order valence-corrected chi connectivity index (χ2v) is 4.82. The third kappa shape index (κ3) is 5.53. The number of nitrogens with one attached hydrogen (secondary N) is 2. The number of ether oxygens (including phenoxy) is 1. The van der Waals surface area contributed by atoms with Crippen molar-refractivity contribution in [1.82, 2.24) is 10.6 Å². The van der Waals surface area contributed by atoms with Crippen molar-refractivity contribution < 1.29 is 19.4 Å². The molecule has 3 N–H and O–H groups in total. The number of hydrogen-bond acceptors (Lipinski definition) is 3. The van der Waals surface area contributed by atoms with Gasteiger partial charge in [0.15, 0.2) is 0 Å². The molecule has 0 spiro atoms. The van der Waals surface area contributed by atoms with E-state index in [-0.39, 0.29) is 24.8 Å². The van der Waals surface area contributed by atoms with Gasteiger partial charge in [0.25, 0.3) is 0 Å². The quantitative estimate of drug-likeness (QED) is 0.571. The summed E-state index contributed by atoms with van der Waals surface area (Å²) >= 11 is 0. The summed E-state index contributed by atoms with van der Waals surface area (Å²) in [6.45, 7) is 4.18. The number of aliphatic carboxylic acids is 1. The molecule has 0 aromatic carbocycles. The van der Waals surface area contributed by atoms with Crippen LogP contribution in [0.1, 0.15) is 26.7 Å². The summed E-state index contributed by atoms with van der Waals surface area (Å²) in [7, 11) is 0. The maximum Gasteiger partial charge on any atom is 0.329 e. The van der Waals surface area contributed by atoms with E-state index < -0.39 is 5.97 Å². The Morgan fingerprint density at radius 1 is 1.41 bits per heavy atom. The standard InChI is InChI=1S/C11H20N2O4/c1-11(2,8-3-4-8)13-10(16)12-5-6-17-7-9(14)15/h8H,3-7H2,1-2H3,(H,14,15)(H2,12,13,16). The average molecular weight is 244 g/mol. The summed E-state index contributed by atoms with van der Waals surface area (Å²) in [6.07, 6.45) is 2.32. The molecule has 6 nitrogen and oxygen atoms in total. The molecule has 1 fully saturated rings. The molecular formula is C11H20N2O4. The van der Waals surface area contributed by atoms with Crippen LogP contribution < -0.4 is 10.6 Å². The molecule has 0 aromatic rings. The van der Waals surface area contributed by atoms with Crippen molar-refractivity contribution in [2.24, 2.45) is 5.92 Å². The summed E-state index contributed by atoms with van der Waals surface area (Å²) < 4.78 is 4.79. The van der Waals surface area contributed by atoms with E-state index in [1.54, 1.807) is 0 Å². The molecule has 0 heterocycles. The molecule has 0 atom stereocenters. The van der Waals surface area contributed by atoms with E-state index in [1.807, 2.05) is 13.8 Å². The second kappa shape index (κ2) is 5.86. The predicted octanol–water partition coefficient (Wildman–Crippen LogP) is 0.575. The number of amides is 2. The first-order valence-electron chi connectivity index (χ1n) is 5.77. The molecule has 1 rings (SSSR count). The molecule has 0 unspecified atom stereocenters. The van der Waals surface area contributed by atoms with Gasteiger partial charge in [0.05, 0.1) is 6.61 Å². The molecule has 1 aliphatic carbocycles. The number of hydrogen-bond donors (Lipinski definition) is 3. The number of carboxylic acids is 1. The molecular weight excluding hydrogens is 224 g/mol. The minimum absolute atomic E-state index is 0.175. The van der Waals surface area contributed by atoms with Crippen LogP contribution in [0.5, 0.6) is 0 Å². The number of rotatable bonds is 7. The van der Waals surface area contributed by atoms with Gasteiger partial charge >= 0.3 is 12.0 Å². The van der Waals surface area contributed by atoms with Gasteiger partial charge in [-0.2, -0.15) is 0 Å². The lowest BCUT2D eigenvalue weighted by molar-refractivity contribution is -0.142. The SMILES string of the molecule is CC(C)(NC(=O)NCCOCC(=O)O)C1CC1. The summed E-state index contributed by atoms with van der Waals surface area (Å²) in [5, 5.41) is 13.8. The van der Waals surface area contributed by atoms with Crippen LogP contribution in [0, 0.1) is 5.92 Å². The molecule has 0 saturated heterocycles. The number of carbonyl (C=O) groups is 2. The average Bonchev–Trinajstić information content (AvgIpc) is 2.98. The summed E-state index contributed by atoms with van der Waals surface area (Å²) in [4.78, 5) is 21.6. The van der Waals surface area contributed by atoms with E-state index in [2.05, 4.69) is 10.6 Å². The van der Waals surface area contributed by atoms with E-state index in [0.717, 1.165) is 12.8 Å². The number of urea groups is 1. The van der Waals surface area contributed by atoms with Gasteiger partial charge in [-0.25, -0.2) is 9.59 Å². The topological polar surface area (TPSA) is 87.7 Å². The highest BCUT2D eigenvalue weighted by Crippen LogP contribution is 2.38. The van der Waals surface area contributed by atoms with Crippen molar-refractivity contribution in [3.05, 3.63) is 0 Å². The van der Waals surface area contributed by atoms with Gasteiger partial charge < -0.3 is 20.5 Å². The Kier molecular flexibility index (Phi) is 4.74. The van der Waals surface area contributed by atoms with Crippen molar-refractivity contribution in [3.8, 4) is 0 Å². The third-order valence-corrected chi connectivity index (χ3v) is 2.79. The highest BCUT2D eigenvalue weighted by molar-refractivity contribution is 5.74. The first-order valence-corrected chi connectivity index (χ1v) is 5.77. The highest BCUT2D eigenvalue weighted by atomic mass is 16.5. The predicted molar refractivity (Wildman–Crippen MR) is 61.8 cm³/mol. The van der Waals surface area contributed by atoms with Gasteiger partial charge in [-0.05, 0) is 32.6 Å². The Hall–Kier alpha value is -1.30. The van der Waals surface area contributed by atoms with Crippen molar-refractivity contribution in [1.29, 1.82) is 0 Å². The first kappa shape index (κ1) is 13.8. The highest BCUT2D eigenvalue weighted by Gasteiger charge is 2.38. The minimum Gasteiger partial charge on any atom is -0.480 e. The molecule has 17 heavy (non-hydrogen) atoms. The monoisotopic (exact) mass is 244 g/mol. The molecule has 0 radical (unpaired) electrons. The molecule has 1 saturated carbocycles. The maximum atomic E-state index is 11.5. The zero-order valence-electron chi connectivity index (χ0n) is 10.3. The van der Waals surface area contributed by atoms with Crippen LogP contribution in [0.3, 0.4) is 0 Å². The Bertz CT molecular complexity index is 287. The number of carboxylic acid groups (broad SMARTS) is 1. The van der Waals surface area contributed by atoms with E-state index in [4.69, 9.17) is 9.84 Å². The van der Waals surface area contributed by atoms with Crippen molar-refractivity contribution >= 4 is 12.0 Å². The van der Waals surface area contributed by atoms with Crippen molar-refractivity contribution in [2.45, 2.75) is 32.2 Å². The van der Waals surface area contributed by atoms with E-state index >= 15 is 0 Å². The van der Waals surface area contributed by atoms with Crippen LogP contribution in [-0.4, -0.2) is 42.4 Å². The number of carbonyl (C=O) groups excluding carboxylic acids is 1. The Morgan fingerprint density at radius 3 is 2.59 bits per heavy atom. The maximum absolute atomic E-state index is 11.5. The molecule has 0 aromatic heterocycles. The van der Waals surface area contributed by atoms with E-state index in [1.165, 1.54) is 0 Å². The van der Waals surface area contributed by atoms with Crippen LogP contribution in [0.25, 0.3) is 0 Å². The molecule has 2 amide bonds. The van der Waals surface area contributed by atoms with Crippen molar-refractivity contribution in [2.75, 3.05) is 19.8 Å². The lowest BCUT2D eigenvalue weighted by Gasteiger charge is -2.26. The van der Waals surface area contributed by atoms with E-state index in [9.17, 15) is 9.59 Å². The largest absolute Gasteiger partial charge is 0.480 e. The molecule has 0 aliphatic heterocycles. The van der Waals surface area contributed by atoms with Gasteiger partial charge in [-0.15, -0.1) is 0 Å². The van der Waals surface area contributed by atoms with Crippen LogP contribution in [-0.2, 0) is 9.53 Å². The Morgan fingerprint density at radius 2 is 2.06 bits per heavy atom. The van der Waals surface area contributed by atoms with Crippen LogP contribution in [0.4, 0.5) is 4.79 Å². The lowest BCUT2D eigenvalue weighted by atomic mass is 9.99. The van der Waals surface area contributed by atoms with Gasteiger partial charge in [-0.3, -0.25) is 0 Å². The Balaban J connectivity index is 2.06. The summed E-state index contributed by atoms with van der Waals surface area (Å²) in [5.41, 5.74) is -0.175. The molecule has 0 bridgehead atoms. The fourth-order valence-corrected chi connectivity index (χ4v) is 1.64. The lowest BCUT2D eigenvalue weighted by Crippen LogP contribution is -2.50. The zero-order valence-corrected chi connectivity index (χ0v) is 10.3. The molecule has 1 aliphatic rings. The van der Waals surface area contributed by atoms with Gasteiger partial charge in [0.1, 0.15) is 6.61 Å².